The first-order valence-corrected chi connectivity index (χ1v) is 6.19. The molecule has 0 spiro atoms. The Hall–Kier alpha value is -1.75. The van der Waals surface area contributed by atoms with Crippen LogP contribution in [0, 0.1) is 17.2 Å². The predicted octanol–water partition coefficient (Wildman–Crippen LogP) is 3.35. The van der Waals surface area contributed by atoms with Crippen molar-refractivity contribution in [1.82, 2.24) is 0 Å². The summed E-state index contributed by atoms with van der Waals surface area (Å²) in [6, 6.07) is 10.0. The van der Waals surface area contributed by atoms with Gasteiger partial charge in [0.05, 0.1) is 11.6 Å². The lowest BCUT2D eigenvalue weighted by Crippen LogP contribution is -2.33. The Kier molecular flexibility index (Phi) is 3.82. The summed E-state index contributed by atoms with van der Waals surface area (Å²) < 4.78 is 0. The summed E-state index contributed by atoms with van der Waals surface area (Å²) in [5.74, 6) is 0.808. The molecule has 0 unspecified atom stereocenters. The molecule has 1 aliphatic heterocycles. The van der Waals surface area contributed by atoms with Crippen LogP contribution in [0.5, 0.6) is 0 Å². The smallest absolute Gasteiger partial charge is 0.0991 e. The first kappa shape index (κ1) is 11.7. The second-order valence-electron chi connectivity index (χ2n) is 4.61. The van der Waals surface area contributed by atoms with E-state index < -0.39 is 0 Å². The molecule has 0 aliphatic carbocycles. The highest BCUT2D eigenvalue weighted by Gasteiger charge is 2.18. The molecule has 0 N–H and O–H groups in total. The van der Waals surface area contributed by atoms with Gasteiger partial charge in [-0.15, -0.1) is 6.58 Å². The molecule has 2 rings (SSSR count). The van der Waals surface area contributed by atoms with Crippen molar-refractivity contribution in [2.24, 2.45) is 5.92 Å². The quantitative estimate of drug-likeness (QED) is 0.739. The maximum Gasteiger partial charge on any atom is 0.0991 e. The molecular formula is C15H18N2. The summed E-state index contributed by atoms with van der Waals surface area (Å²) in [5.41, 5.74) is 1.97. The fourth-order valence-corrected chi connectivity index (χ4v) is 2.41. The highest BCUT2D eigenvalue weighted by Crippen LogP contribution is 2.25. The van der Waals surface area contributed by atoms with Crippen LogP contribution >= 0.6 is 0 Å². The number of hydrogen-bond donors (Lipinski definition) is 0. The van der Waals surface area contributed by atoms with Crippen molar-refractivity contribution in [1.29, 1.82) is 5.26 Å². The summed E-state index contributed by atoms with van der Waals surface area (Å²) in [6.07, 6.45) is 5.65. The Bertz CT molecular complexity index is 406. The van der Waals surface area contributed by atoms with Gasteiger partial charge >= 0.3 is 0 Å². The number of allylic oxidation sites excluding steroid dienone is 1. The van der Waals surface area contributed by atoms with Gasteiger partial charge in [-0.1, -0.05) is 6.08 Å². The van der Waals surface area contributed by atoms with Crippen molar-refractivity contribution < 1.29 is 0 Å². The summed E-state index contributed by atoms with van der Waals surface area (Å²) in [5, 5.41) is 8.76. The predicted molar refractivity (Wildman–Crippen MR) is 70.9 cm³/mol. The zero-order chi connectivity index (χ0) is 12.1. The van der Waals surface area contributed by atoms with E-state index in [2.05, 4.69) is 17.5 Å². The van der Waals surface area contributed by atoms with E-state index in [1.807, 2.05) is 30.3 Å². The standard InChI is InChI=1S/C15H18N2/c1-2-3-13-8-10-17(11-9-13)15-6-4-14(12-16)5-7-15/h2,4-7,13H,1,3,8-11H2. The van der Waals surface area contributed by atoms with Crippen molar-refractivity contribution in [2.45, 2.75) is 19.3 Å². The van der Waals surface area contributed by atoms with Gasteiger partial charge in [0, 0.05) is 18.8 Å². The van der Waals surface area contributed by atoms with Crippen LogP contribution in [0.4, 0.5) is 5.69 Å². The topological polar surface area (TPSA) is 27.0 Å². The molecule has 1 saturated heterocycles. The van der Waals surface area contributed by atoms with Crippen LogP contribution in [0.3, 0.4) is 0 Å². The highest BCUT2D eigenvalue weighted by molar-refractivity contribution is 5.49. The molecule has 0 saturated carbocycles. The van der Waals surface area contributed by atoms with Gasteiger partial charge in [0.1, 0.15) is 0 Å². The van der Waals surface area contributed by atoms with Gasteiger partial charge in [0.25, 0.3) is 0 Å². The van der Waals surface area contributed by atoms with Crippen molar-refractivity contribution in [2.75, 3.05) is 18.0 Å². The van der Waals surface area contributed by atoms with Crippen LogP contribution < -0.4 is 4.90 Å². The minimum Gasteiger partial charge on any atom is -0.372 e. The number of rotatable bonds is 3. The average Bonchev–Trinajstić information content (AvgIpc) is 2.40. The molecule has 1 fully saturated rings. The van der Waals surface area contributed by atoms with Gasteiger partial charge in [-0.05, 0) is 49.4 Å². The molecule has 0 radical (unpaired) electrons. The SMILES string of the molecule is C=CCC1CCN(c2ccc(C#N)cc2)CC1. The van der Waals surface area contributed by atoms with Crippen molar-refractivity contribution >= 4 is 5.69 Å². The monoisotopic (exact) mass is 226 g/mol. The van der Waals surface area contributed by atoms with E-state index in [1.165, 1.54) is 18.5 Å². The van der Waals surface area contributed by atoms with E-state index in [9.17, 15) is 0 Å². The Morgan fingerprint density at radius 2 is 1.94 bits per heavy atom. The molecule has 2 heteroatoms. The van der Waals surface area contributed by atoms with E-state index in [4.69, 9.17) is 5.26 Å². The molecule has 0 bridgehead atoms. The van der Waals surface area contributed by atoms with E-state index in [0.717, 1.165) is 31.0 Å². The van der Waals surface area contributed by atoms with Gasteiger partial charge in [-0.3, -0.25) is 0 Å². The van der Waals surface area contributed by atoms with Crippen LogP contribution in [0.1, 0.15) is 24.8 Å². The summed E-state index contributed by atoms with van der Waals surface area (Å²) in [6.45, 7) is 6.04. The molecule has 0 atom stereocenters. The minimum absolute atomic E-state index is 0.732. The third-order valence-electron chi connectivity index (χ3n) is 3.48. The van der Waals surface area contributed by atoms with Crippen LogP contribution in [0.15, 0.2) is 36.9 Å². The number of benzene rings is 1. The normalized spacial score (nSPS) is 16.5. The Morgan fingerprint density at radius 3 is 2.47 bits per heavy atom. The molecule has 1 aromatic rings. The molecule has 2 nitrogen and oxygen atoms in total. The van der Waals surface area contributed by atoms with Crippen LogP contribution in [0.25, 0.3) is 0 Å². The van der Waals surface area contributed by atoms with Crippen LogP contribution in [-0.4, -0.2) is 13.1 Å². The Labute approximate surface area is 103 Å². The largest absolute Gasteiger partial charge is 0.372 e. The summed E-state index contributed by atoms with van der Waals surface area (Å²) in [7, 11) is 0. The molecule has 0 aromatic heterocycles. The van der Waals surface area contributed by atoms with E-state index in [1.54, 1.807) is 0 Å². The molecule has 88 valence electrons. The lowest BCUT2D eigenvalue weighted by molar-refractivity contribution is 0.410. The molecule has 1 aromatic carbocycles. The van der Waals surface area contributed by atoms with E-state index >= 15 is 0 Å². The maximum atomic E-state index is 8.76. The average molecular weight is 226 g/mol. The lowest BCUT2D eigenvalue weighted by Gasteiger charge is -2.33. The Balaban J connectivity index is 1.96. The fourth-order valence-electron chi connectivity index (χ4n) is 2.41. The summed E-state index contributed by atoms with van der Waals surface area (Å²) >= 11 is 0. The van der Waals surface area contributed by atoms with Gasteiger partial charge in [-0.25, -0.2) is 0 Å². The summed E-state index contributed by atoms with van der Waals surface area (Å²) in [4.78, 5) is 2.40. The number of anilines is 1. The van der Waals surface area contributed by atoms with Crippen molar-refractivity contribution in [3.05, 3.63) is 42.5 Å². The second kappa shape index (κ2) is 5.54. The second-order valence-corrected chi connectivity index (χ2v) is 4.61. The first-order chi connectivity index (χ1) is 8.33. The Morgan fingerprint density at radius 1 is 1.29 bits per heavy atom. The zero-order valence-corrected chi connectivity index (χ0v) is 10.1. The van der Waals surface area contributed by atoms with Crippen molar-refractivity contribution in [3.63, 3.8) is 0 Å². The number of hydrogen-bond acceptors (Lipinski definition) is 2. The van der Waals surface area contributed by atoms with Crippen LogP contribution in [0.2, 0.25) is 0 Å². The van der Waals surface area contributed by atoms with Gasteiger partial charge in [-0.2, -0.15) is 5.26 Å². The van der Waals surface area contributed by atoms with Gasteiger partial charge in [0.2, 0.25) is 0 Å². The first-order valence-electron chi connectivity index (χ1n) is 6.19. The van der Waals surface area contributed by atoms with E-state index in [0.29, 0.717) is 0 Å². The molecule has 0 amide bonds. The fraction of sp³-hybridized carbons (Fsp3) is 0.400. The van der Waals surface area contributed by atoms with Crippen LogP contribution in [-0.2, 0) is 0 Å². The maximum absolute atomic E-state index is 8.76. The molecule has 1 heterocycles. The highest BCUT2D eigenvalue weighted by atomic mass is 15.1. The van der Waals surface area contributed by atoms with Gasteiger partial charge in [0.15, 0.2) is 0 Å². The number of nitrogens with zero attached hydrogens (tertiary/aromatic N) is 2. The number of piperidine rings is 1. The zero-order valence-electron chi connectivity index (χ0n) is 10.1. The third kappa shape index (κ3) is 2.88. The molecule has 1 aliphatic rings. The lowest BCUT2D eigenvalue weighted by atomic mass is 9.93. The van der Waals surface area contributed by atoms with Crippen molar-refractivity contribution in [3.8, 4) is 6.07 Å². The molecular weight excluding hydrogens is 208 g/mol. The molecule has 17 heavy (non-hydrogen) atoms. The van der Waals surface area contributed by atoms with E-state index in [-0.39, 0.29) is 0 Å². The number of nitriles is 1. The third-order valence-corrected chi connectivity index (χ3v) is 3.48. The van der Waals surface area contributed by atoms with Gasteiger partial charge < -0.3 is 4.90 Å². The minimum atomic E-state index is 0.732.